The second-order valence-electron chi connectivity index (χ2n) is 9.21. The summed E-state index contributed by atoms with van der Waals surface area (Å²) in [4.78, 5) is 48.5. The van der Waals surface area contributed by atoms with E-state index in [1.54, 1.807) is 34.6 Å². The number of fused-ring (bicyclic) bond motifs is 1. The molecule has 2 rings (SSSR count). The first-order chi connectivity index (χ1) is 14.2. The Morgan fingerprint density at radius 1 is 1.23 bits per heavy atom. The molecule has 31 heavy (non-hydrogen) atoms. The molecule has 5 atom stereocenters. The van der Waals surface area contributed by atoms with Crippen LogP contribution in [-0.2, 0) is 38.4 Å². The average molecular weight is 463 g/mol. The zero-order valence-corrected chi connectivity index (χ0v) is 19.3. The van der Waals surface area contributed by atoms with E-state index in [4.69, 9.17) is 14.2 Å². The number of sulfone groups is 1. The van der Waals surface area contributed by atoms with Crippen molar-refractivity contribution in [3.8, 4) is 0 Å². The molecule has 0 bridgehead atoms. The lowest BCUT2D eigenvalue weighted by Gasteiger charge is -2.32. The van der Waals surface area contributed by atoms with Gasteiger partial charge in [-0.1, -0.05) is 13.8 Å². The third-order valence-corrected chi connectivity index (χ3v) is 7.71. The highest BCUT2D eigenvalue weighted by atomic mass is 32.2. The van der Waals surface area contributed by atoms with Crippen LogP contribution in [0, 0.1) is 17.8 Å². The normalized spacial score (nSPS) is 29.3. The number of hydrogen-bond acceptors (Lipinski definition) is 9. The quantitative estimate of drug-likeness (QED) is 0.283. The first-order valence-corrected chi connectivity index (χ1v) is 11.6. The van der Waals surface area contributed by atoms with Gasteiger partial charge in [0.1, 0.15) is 11.6 Å². The van der Waals surface area contributed by atoms with Gasteiger partial charge < -0.3 is 24.8 Å². The van der Waals surface area contributed by atoms with Crippen molar-refractivity contribution in [2.24, 2.45) is 17.8 Å². The Morgan fingerprint density at radius 3 is 2.32 bits per heavy atom. The highest BCUT2D eigenvalue weighted by Crippen LogP contribution is 2.58. The molecule has 0 radical (unpaired) electrons. The summed E-state index contributed by atoms with van der Waals surface area (Å²) < 4.78 is 40.0. The molecule has 0 aromatic heterocycles. The van der Waals surface area contributed by atoms with Gasteiger partial charge in [-0.15, -0.1) is 0 Å². The first-order valence-electron chi connectivity index (χ1n) is 9.87. The van der Waals surface area contributed by atoms with Gasteiger partial charge in [0.05, 0.1) is 24.7 Å². The van der Waals surface area contributed by atoms with Crippen molar-refractivity contribution in [2.75, 3.05) is 19.5 Å². The van der Waals surface area contributed by atoms with Crippen LogP contribution in [0.2, 0.25) is 0 Å². The molecule has 11 nitrogen and oxygen atoms in total. The van der Waals surface area contributed by atoms with Gasteiger partial charge >= 0.3 is 12.1 Å². The number of nitrogens with one attached hydrogen (secondary N) is 2. The second-order valence-corrected chi connectivity index (χ2v) is 11.4. The number of carbonyl (C=O) groups is 4. The molecular weight excluding hydrogens is 432 g/mol. The highest BCUT2D eigenvalue weighted by Gasteiger charge is 2.77. The third kappa shape index (κ3) is 5.10. The maximum Gasteiger partial charge on any atom is 0.408 e. The second kappa shape index (κ2) is 8.64. The van der Waals surface area contributed by atoms with Crippen LogP contribution in [-0.4, -0.2) is 74.8 Å². The molecule has 1 aliphatic carbocycles. The van der Waals surface area contributed by atoms with Crippen LogP contribution in [0.15, 0.2) is 0 Å². The van der Waals surface area contributed by atoms with E-state index in [1.807, 2.05) is 0 Å². The molecule has 2 N–H and O–H groups in total. The van der Waals surface area contributed by atoms with Gasteiger partial charge in [-0.2, -0.15) is 0 Å². The zero-order chi connectivity index (χ0) is 23.8. The average Bonchev–Trinajstić information content (AvgIpc) is 3.31. The molecule has 2 aliphatic rings. The molecule has 1 saturated heterocycles. The standard InChI is InChI=1S/C19H30N2O9S/c1-10(2)13(20-17(25)30-18(3,4)5)15(23)21-19(16(24)28-6)8-31(26,27)14-11(12(14)19)7-29-9-22/h9-14H,7-8H2,1-6H3,(H,20,25)(H,21,23)/t11-,12-,13+,14+,19+/m1/s1. The van der Waals surface area contributed by atoms with Gasteiger partial charge in [0, 0.05) is 11.8 Å². The van der Waals surface area contributed by atoms with Crippen molar-refractivity contribution >= 4 is 34.3 Å². The van der Waals surface area contributed by atoms with Crippen molar-refractivity contribution in [1.82, 2.24) is 10.6 Å². The van der Waals surface area contributed by atoms with E-state index in [9.17, 15) is 27.6 Å². The molecule has 0 spiro atoms. The van der Waals surface area contributed by atoms with Gasteiger partial charge in [0.25, 0.3) is 6.47 Å². The Hall–Kier alpha value is -2.37. The lowest BCUT2D eigenvalue weighted by atomic mass is 9.92. The number of alkyl carbamates (subject to hydrolysis) is 1. The van der Waals surface area contributed by atoms with Crippen molar-refractivity contribution < 1.29 is 41.8 Å². The van der Waals surface area contributed by atoms with E-state index in [1.165, 1.54) is 0 Å². The number of methoxy groups -OCH3 is 1. The number of rotatable bonds is 8. The minimum absolute atomic E-state index is 0.193. The van der Waals surface area contributed by atoms with Crippen molar-refractivity contribution in [3.05, 3.63) is 0 Å². The largest absolute Gasteiger partial charge is 0.468 e. The molecule has 1 aliphatic heterocycles. The summed E-state index contributed by atoms with van der Waals surface area (Å²) >= 11 is 0. The number of hydrogen-bond donors (Lipinski definition) is 2. The van der Waals surface area contributed by atoms with Gasteiger partial charge in [-0.05, 0) is 26.7 Å². The van der Waals surface area contributed by atoms with E-state index < -0.39 is 73.7 Å². The molecule has 176 valence electrons. The zero-order valence-electron chi connectivity index (χ0n) is 18.5. The van der Waals surface area contributed by atoms with Crippen molar-refractivity contribution in [1.29, 1.82) is 0 Å². The lowest BCUT2D eigenvalue weighted by molar-refractivity contribution is -0.151. The summed E-state index contributed by atoms with van der Waals surface area (Å²) in [6.07, 6.45) is -0.825. The molecule has 12 heteroatoms. The van der Waals surface area contributed by atoms with Gasteiger partial charge in [-0.25, -0.2) is 18.0 Å². The van der Waals surface area contributed by atoms with E-state index >= 15 is 0 Å². The highest BCUT2D eigenvalue weighted by molar-refractivity contribution is 7.92. The van der Waals surface area contributed by atoms with Gasteiger partial charge in [0.2, 0.25) is 5.91 Å². The van der Waals surface area contributed by atoms with Crippen LogP contribution in [0.3, 0.4) is 0 Å². The predicted octanol–water partition coefficient (Wildman–Crippen LogP) is -0.220. The Kier molecular flexibility index (Phi) is 6.94. The number of ether oxygens (including phenoxy) is 3. The first kappa shape index (κ1) is 24.9. The van der Waals surface area contributed by atoms with Gasteiger partial charge in [-0.3, -0.25) is 9.59 Å². The molecule has 1 saturated carbocycles. The third-order valence-electron chi connectivity index (χ3n) is 5.38. The van der Waals surface area contributed by atoms with E-state index in [0.29, 0.717) is 0 Å². The van der Waals surface area contributed by atoms with Gasteiger partial charge in [0.15, 0.2) is 15.4 Å². The smallest absolute Gasteiger partial charge is 0.408 e. The minimum Gasteiger partial charge on any atom is -0.468 e. The number of esters is 1. The molecular formula is C19H30N2O9S. The van der Waals surface area contributed by atoms with Crippen LogP contribution in [0.25, 0.3) is 0 Å². The summed E-state index contributed by atoms with van der Waals surface area (Å²) in [5.74, 6) is -4.13. The maximum atomic E-state index is 13.1. The monoisotopic (exact) mass is 462 g/mol. The molecule has 0 unspecified atom stereocenters. The van der Waals surface area contributed by atoms with Crippen molar-refractivity contribution in [3.63, 3.8) is 0 Å². The fourth-order valence-corrected chi connectivity index (χ4v) is 6.93. The van der Waals surface area contributed by atoms with Crippen LogP contribution in [0.1, 0.15) is 34.6 Å². The van der Waals surface area contributed by atoms with E-state index in [0.717, 1.165) is 7.11 Å². The van der Waals surface area contributed by atoms with Crippen LogP contribution in [0.4, 0.5) is 4.79 Å². The topological polar surface area (TPSA) is 154 Å². The molecule has 2 amide bonds. The van der Waals surface area contributed by atoms with Crippen molar-refractivity contribution in [2.45, 2.75) is 57.1 Å². The van der Waals surface area contributed by atoms with E-state index in [2.05, 4.69) is 10.6 Å². The molecule has 0 aromatic carbocycles. The Labute approximate surface area is 181 Å². The molecule has 0 aromatic rings. The Morgan fingerprint density at radius 2 is 1.84 bits per heavy atom. The number of amides is 2. The maximum absolute atomic E-state index is 13.1. The van der Waals surface area contributed by atoms with Crippen LogP contribution >= 0.6 is 0 Å². The fraction of sp³-hybridized carbons (Fsp3) is 0.789. The molecule has 1 heterocycles. The lowest BCUT2D eigenvalue weighted by Crippen LogP contribution is -2.63. The number of carbonyl (C=O) groups excluding carboxylic acids is 4. The summed E-state index contributed by atoms with van der Waals surface area (Å²) in [6.45, 7) is 8.36. The Bertz CT molecular complexity index is 849. The van der Waals surface area contributed by atoms with Crippen LogP contribution in [0.5, 0.6) is 0 Å². The van der Waals surface area contributed by atoms with E-state index in [-0.39, 0.29) is 13.1 Å². The Balaban J connectivity index is 2.29. The SMILES string of the molecule is COC(=O)[C@]1(NC(=O)[C@@H](NC(=O)OC(C)(C)C)C(C)C)CS(=O)(=O)[C@H]2[C@H](COC=O)[C@H]21. The summed E-state index contributed by atoms with van der Waals surface area (Å²) in [7, 11) is -2.66. The predicted molar refractivity (Wildman–Crippen MR) is 107 cm³/mol. The summed E-state index contributed by atoms with van der Waals surface area (Å²) in [5.41, 5.74) is -2.63. The fourth-order valence-electron chi connectivity index (χ4n) is 4.15. The minimum atomic E-state index is -3.76. The summed E-state index contributed by atoms with van der Waals surface area (Å²) in [6, 6.07) is -1.10. The van der Waals surface area contributed by atoms with Crippen LogP contribution < -0.4 is 10.6 Å². The summed E-state index contributed by atoms with van der Waals surface area (Å²) in [5, 5.41) is 4.08. The molecule has 2 fully saturated rings.